The molecule has 4 fully saturated rings. The minimum atomic E-state index is -0.245. The Labute approximate surface area is 237 Å². The summed E-state index contributed by atoms with van der Waals surface area (Å²) in [4.78, 5) is 25.0. The normalized spacial score (nSPS) is 42.4. The molecule has 0 spiro atoms. The number of carbonyl (C=O) groups excluding carboxylic acids is 2. The van der Waals surface area contributed by atoms with Crippen molar-refractivity contribution in [2.45, 2.75) is 143 Å². The molecule has 0 bridgehead atoms. The Morgan fingerprint density at radius 2 is 1.66 bits per heavy atom. The van der Waals surface area contributed by atoms with Crippen LogP contribution >= 0.6 is 11.8 Å². The van der Waals surface area contributed by atoms with Crippen LogP contribution in [0.15, 0.2) is 0 Å². The van der Waals surface area contributed by atoms with E-state index in [4.69, 9.17) is 4.74 Å². The fraction of sp³-hybridized carbons (Fsp3) is 0.939. The van der Waals surface area contributed by atoms with Crippen molar-refractivity contribution in [3.63, 3.8) is 0 Å². The van der Waals surface area contributed by atoms with Crippen LogP contribution in [0, 0.1) is 52.3 Å². The number of aliphatic hydroxyl groups excluding tert-OH is 1. The van der Waals surface area contributed by atoms with Gasteiger partial charge in [-0.2, -0.15) is 0 Å². The molecule has 0 aromatic heterocycles. The van der Waals surface area contributed by atoms with Crippen molar-refractivity contribution in [1.29, 1.82) is 0 Å². The summed E-state index contributed by atoms with van der Waals surface area (Å²) in [6.07, 6.45) is 11.0. The van der Waals surface area contributed by atoms with Gasteiger partial charge in [0.25, 0.3) is 0 Å². The molecule has 4 saturated carbocycles. The van der Waals surface area contributed by atoms with E-state index in [9.17, 15) is 14.7 Å². The molecule has 0 radical (unpaired) electrons. The van der Waals surface area contributed by atoms with Gasteiger partial charge in [-0.05, 0) is 111 Å². The molecule has 0 aliphatic heterocycles. The second-order valence-electron chi connectivity index (χ2n) is 15.3. The zero-order chi connectivity index (χ0) is 28.0. The number of ether oxygens (including phenoxy) is 1. The van der Waals surface area contributed by atoms with Gasteiger partial charge in [-0.1, -0.05) is 67.2 Å². The molecule has 0 heterocycles. The van der Waals surface area contributed by atoms with Crippen molar-refractivity contribution in [2.24, 2.45) is 52.3 Å². The maximum Gasteiger partial charge on any atom is 0.308 e. The van der Waals surface area contributed by atoms with Crippen molar-refractivity contribution < 1.29 is 19.4 Å². The van der Waals surface area contributed by atoms with Crippen molar-refractivity contribution in [3.8, 4) is 0 Å². The van der Waals surface area contributed by atoms with Crippen LogP contribution in [0.4, 0.5) is 0 Å². The molecular weight excluding hydrogens is 492 g/mol. The number of hydrogen-bond acceptors (Lipinski definition) is 5. The van der Waals surface area contributed by atoms with Gasteiger partial charge in [0.15, 0.2) is 5.12 Å². The summed E-state index contributed by atoms with van der Waals surface area (Å²) in [5.41, 5.74) is 0.513. The topological polar surface area (TPSA) is 63.6 Å². The molecule has 4 aliphatic carbocycles. The van der Waals surface area contributed by atoms with E-state index in [1.54, 1.807) is 0 Å². The predicted octanol–water partition coefficient (Wildman–Crippen LogP) is 8.05. The first-order chi connectivity index (χ1) is 17.7. The molecule has 5 heteroatoms. The van der Waals surface area contributed by atoms with Crippen LogP contribution < -0.4 is 0 Å². The highest BCUT2D eigenvalue weighted by atomic mass is 32.2. The van der Waals surface area contributed by atoms with E-state index >= 15 is 0 Å². The molecule has 11 unspecified atom stereocenters. The first-order valence-corrected chi connectivity index (χ1v) is 16.6. The number of esters is 1. The molecule has 1 N–H and O–H groups in total. The maximum atomic E-state index is 12.6. The third-order valence-corrected chi connectivity index (χ3v) is 13.0. The van der Waals surface area contributed by atoms with E-state index in [2.05, 4.69) is 41.5 Å². The summed E-state index contributed by atoms with van der Waals surface area (Å²) >= 11 is 1.49. The lowest BCUT2D eigenvalue weighted by Gasteiger charge is -2.62. The molecule has 4 rings (SSSR count). The Bertz CT molecular complexity index is 866. The van der Waals surface area contributed by atoms with Crippen LogP contribution in [-0.4, -0.2) is 33.1 Å². The molecule has 4 nitrogen and oxygen atoms in total. The summed E-state index contributed by atoms with van der Waals surface area (Å²) in [5.74, 6) is 3.10. The van der Waals surface area contributed by atoms with Crippen LogP contribution in [0.5, 0.6) is 0 Å². The molecule has 218 valence electrons. The second kappa shape index (κ2) is 11.4. The zero-order valence-electron chi connectivity index (χ0n) is 25.6. The highest BCUT2D eigenvalue weighted by Gasteiger charge is 2.63. The number of thioether (sulfide) groups is 1. The zero-order valence-corrected chi connectivity index (χ0v) is 26.4. The molecule has 11 atom stereocenters. The van der Waals surface area contributed by atoms with Gasteiger partial charge in [0, 0.05) is 11.2 Å². The smallest absolute Gasteiger partial charge is 0.308 e. The number of fused-ring (bicyclic) bond motifs is 5. The number of hydrogen-bond donors (Lipinski definition) is 1. The quantitative estimate of drug-likeness (QED) is 0.326. The van der Waals surface area contributed by atoms with Gasteiger partial charge in [-0.3, -0.25) is 9.59 Å². The highest BCUT2D eigenvalue weighted by Crippen LogP contribution is 2.68. The lowest BCUT2D eigenvalue weighted by atomic mass is 9.43. The largest absolute Gasteiger partial charge is 0.462 e. The van der Waals surface area contributed by atoms with E-state index in [1.807, 2.05) is 13.8 Å². The van der Waals surface area contributed by atoms with Crippen molar-refractivity contribution in [1.82, 2.24) is 0 Å². The fourth-order valence-electron chi connectivity index (χ4n) is 9.65. The van der Waals surface area contributed by atoms with Crippen LogP contribution in [0.25, 0.3) is 0 Å². The van der Waals surface area contributed by atoms with Gasteiger partial charge in [-0.15, -0.1) is 0 Å². The Balaban J connectivity index is 1.42. The summed E-state index contributed by atoms with van der Waals surface area (Å²) in [6, 6.07) is 0. The summed E-state index contributed by atoms with van der Waals surface area (Å²) in [5, 5.41) is 12.0. The van der Waals surface area contributed by atoms with Gasteiger partial charge in [0.1, 0.15) is 6.10 Å². The van der Waals surface area contributed by atoms with Gasteiger partial charge in [0.05, 0.1) is 12.0 Å². The SMILES string of the molecule is CCC(C)C(=O)OC1CCC2(C)C(C1)CC(O)C1C2CCC2(C)C(C(C)CCC(=O)SC(C)(C)C)CCC12. The highest BCUT2D eigenvalue weighted by molar-refractivity contribution is 8.14. The molecule has 0 amide bonds. The molecule has 0 aromatic carbocycles. The van der Waals surface area contributed by atoms with Crippen molar-refractivity contribution in [3.05, 3.63) is 0 Å². The van der Waals surface area contributed by atoms with Gasteiger partial charge in [0.2, 0.25) is 0 Å². The predicted molar refractivity (Wildman–Crippen MR) is 157 cm³/mol. The number of aliphatic hydroxyl groups is 1. The van der Waals surface area contributed by atoms with Crippen LogP contribution in [0.2, 0.25) is 0 Å². The minimum Gasteiger partial charge on any atom is -0.462 e. The van der Waals surface area contributed by atoms with E-state index in [0.717, 1.165) is 38.5 Å². The van der Waals surface area contributed by atoms with E-state index in [-0.39, 0.29) is 39.7 Å². The van der Waals surface area contributed by atoms with E-state index < -0.39 is 0 Å². The average Bonchev–Trinajstić information content (AvgIpc) is 3.19. The average molecular weight is 549 g/mol. The lowest BCUT2D eigenvalue weighted by molar-refractivity contribution is -0.184. The second-order valence-corrected chi connectivity index (χ2v) is 17.2. The third kappa shape index (κ3) is 5.90. The standard InChI is InChI=1S/C33H56O4S/c1-9-20(2)30(36)37-23-14-16-32(7)22(18-23)19-27(34)29-25-12-11-24(33(25,8)17-15-26(29)32)21(3)10-13-28(35)38-31(4,5)6/h20-27,29,34H,9-19H2,1-8H3. The molecule has 0 saturated heterocycles. The Morgan fingerprint density at radius 1 is 1.00 bits per heavy atom. The lowest BCUT2D eigenvalue weighted by Crippen LogP contribution is -2.58. The number of rotatable bonds is 7. The van der Waals surface area contributed by atoms with Crippen molar-refractivity contribution >= 4 is 22.8 Å². The Kier molecular flexibility index (Phi) is 9.11. The van der Waals surface area contributed by atoms with Gasteiger partial charge < -0.3 is 9.84 Å². The molecule has 0 aromatic rings. The summed E-state index contributed by atoms with van der Waals surface area (Å²) in [6.45, 7) is 17.8. The third-order valence-electron chi connectivity index (χ3n) is 11.9. The van der Waals surface area contributed by atoms with Gasteiger partial charge >= 0.3 is 5.97 Å². The first-order valence-electron chi connectivity index (χ1n) is 15.8. The Morgan fingerprint density at radius 3 is 2.32 bits per heavy atom. The first kappa shape index (κ1) is 30.4. The molecule has 4 aliphatic rings. The van der Waals surface area contributed by atoms with E-state index in [1.165, 1.54) is 37.4 Å². The molecule has 38 heavy (non-hydrogen) atoms. The van der Waals surface area contributed by atoms with Crippen LogP contribution in [-0.2, 0) is 14.3 Å². The summed E-state index contributed by atoms with van der Waals surface area (Å²) in [7, 11) is 0. The Hall–Kier alpha value is -0.550. The minimum absolute atomic E-state index is 0.0110. The maximum absolute atomic E-state index is 12.6. The van der Waals surface area contributed by atoms with Crippen LogP contribution in [0.3, 0.4) is 0 Å². The fourth-order valence-corrected chi connectivity index (χ4v) is 10.6. The van der Waals surface area contributed by atoms with Crippen LogP contribution in [0.1, 0.15) is 126 Å². The number of carbonyl (C=O) groups is 2. The van der Waals surface area contributed by atoms with Gasteiger partial charge in [-0.25, -0.2) is 0 Å². The van der Waals surface area contributed by atoms with Crippen molar-refractivity contribution in [2.75, 3.05) is 0 Å². The monoisotopic (exact) mass is 548 g/mol. The molecular formula is C33H56O4S. The van der Waals surface area contributed by atoms with E-state index in [0.29, 0.717) is 47.0 Å². The summed E-state index contributed by atoms with van der Waals surface area (Å²) < 4.78 is 5.94.